The number of carbonyl (C=O) groups excluding carboxylic acids is 1. The van der Waals surface area contributed by atoms with E-state index in [1.54, 1.807) is 0 Å². The number of phenols is 1. The van der Waals surface area contributed by atoms with Crippen LogP contribution in [0, 0.1) is 18.6 Å². The highest BCUT2D eigenvalue weighted by molar-refractivity contribution is 7.13. The van der Waals surface area contributed by atoms with Crippen LogP contribution in [0.3, 0.4) is 0 Å². The second-order valence-corrected chi connectivity index (χ2v) is 6.82. The zero-order valence-electron chi connectivity index (χ0n) is 13.7. The Morgan fingerprint density at radius 1 is 1.15 bits per heavy atom. The molecule has 0 spiro atoms. The number of nitrogens with zero attached hydrogens (tertiary/aromatic N) is 1. The van der Waals surface area contributed by atoms with Crippen LogP contribution in [0.4, 0.5) is 8.78 Å². The predicted octanol–water partition coefficient (Wildman–Crippen LogP) is 4.47. The third-order valence-corrected chi connectivity index (χ3v) is 4.54. The largest absolute Gasteiger partial charge is 0.507 e. The number of hydrogen-bond acceptors (Lipinski definition) is 4. The average Bonchev–Trinajstić information content (AvgIpc) is 3.01. The van der Waals surface area contributed by atoms with Crippen molar-refractivity contribution in [1.82, 2.24) is 5.43 Å². The molecule has 132 valence electrons. The molecule has 2 N–H and O–H groups in total. The first-order valence-corrected chi connectivity index (χ1v) is 8.44. The lowest BCUT2D eigenvalue weighted by Crippen LogP contribution is -2.17. The molecule has 0 saturated carbocycles. The summed E-state index contributed by atoms with van der Waals surface area (Å²) < 4.78 is 27.0. The van der Waals surface area contributed by atoms with Crippen LogP contribution in [0.2, 0.25) is 0 Å². The summed E-state index contributed by atoms with van der Waals surface area (Å²) in [6, 6.07) is 11.0. The van der Waals surface area contributed by atoms with Crippen molar-refractivity contribution in [2.45, 2.75) is 6.92 Å². The number of aromatic hydroxyl groups is 1. The molecule has 0 bridgehead atoms. The molecule has 0 atom stereocenters. The SMILES string of the molecule is Cc1ccc(/C=N\NC(=O)c2cc(-c3ccc(F)cc3F)ccc2O)s1. The second-order valence-electron chi connectivity index (χ2n) is 5.50. The van der Waals surface area contributed by atoms with Crippen LogP contribution >= 0.6 is 11.3 Å². The van der Waals surface area contributed by atoms with Crippen LogP contribution in [0.5, 0.6) is 5.75 Å². The predicted molar refractivity (Wildman–Crippen MR) is 97.6 cm³/mol. The van der Waals surface area contributed by atoms with Gasteiger partial charge in [0.05, 0.1) is 11.8 Å². The molecule has 1 aromatic heterocycles. The van der Waals surface area contributed by atoms with Gasteiger partial charge in [0.25, 0.3) is 5.91 Å². The topological polar surface area (TPSA) is 61.7 Å². The van der Waals surface area contributed by atoms with E-state index in [0.29, 0.717) is 5.56 Å². The summed E-state index contributed by atoms with van der Waals surface area (Å²) in [6.45, 7) is 1.96. The van der Waals surface area contributed by atoms with E-state index in [9.17, 15) is 18.7 Å². The maximum atomic E-state index is 13.9. The fourth-order valence-electron chi connectivity index (χ4n) is 2.35. The minimum atomic E-state index is -0.756. The van der Waals surface area contributed by atoms with Gasteiger partial charge in [-0.3, -0.25) is 4.79 Å². The molecule has 1 amide bonds. The van der Waals surface area contributed by atoms with Crippen LogP contribution in [0.1, 0.15) is 20.1 Å². The van der Waals surface area contributed by atoms with Crippen LogP contribution in [-0.2, 0) is 0 Å². The molecule has 26 heavy (non-hydrogen) atoms. The Balaban J connectivity index is 1.83. The van der Waals surface area contributed by atoms with Crippen LogP contribution < -0.4 is 5.43 Å². The Morgan fingerprint density at radius 3 is 2.65 bits per heavy atom. The summed E-state index contributed by atoms with van der Waals surface area (Å²) >= 11 is 1.52. The maximum absolute atomic E-state index is 13.9. The van der Waals surface area contributed by atoms with Crippen molar-refractivity contribution in [1.29, 1.82) is 0 Å². The monoisotopic (exact) mass is 372 g/mol. The molecule has 3 rings (SSSR count). The van der Waals surface area contributed by atoms with Crippen molar-refractivity contribution in [2.75, 3.05) is 0 Å². The number of phenolic OH excluding ortho intramolecular Hbond substituents is 1. The van der Waals surface area contributed by atoms with Gasteiger partial charge in [-0.1, -0.05) is 6.07 Å². The number of hydrogen-bond donors (Lipinski definition) is 2. The van der Waals surface area contributed by atoms with E-state index < -0.39 is 17.5 Å². The molecule has 0 radical (unpaired) electrons. The van der Waals surface area contributed by atoms with Crippen molar-refractivity contribution in [3.63, 3.8) is 0 Å². The Labute approximate surface area is 152 Å². The number of benzene rings is 2. The Hall–Kier alpha value is -3.06. The lowest BCUT2D eigenvalue weighted by molar-refractivity contribution is 0.0952. The number of aryl methyl sites for hydroxylation is 1. The first kappa shape index (κ1) is 17.8. The normalized spacial score (nSPS) is 11.0. The molecule has 0 fully saturated rings. The number of carbonyl (C=O) groups is 1. The highest BCUT2D eigenvalue weighted by atomic mass is 32.1. The van der Waals surface area contributed by atoms with Gasteiger partial charge in [-0.25, -0.2) is 14.2 Å². The van der Waals surface area contributed by atoms with E-state index in [-0.39, 0.29) is 16.9 Å². The van der Waals surface area contributed by atoms with Gasteiger partial charge < -0.3 is 5.11 Å². The fourth-order valence-corrected chi connectivity index (χ4v) is 3.10. The van der Waals surface area contributed by atoms with E-state index in [2.05, 4.69) is 10.5 Å². The zero-order valence-corrected chi connectivity index (χ0v) is 14.5. The van der Waals surface area contributed by atoms with Gasteiger partial charge in [0.15, 0.2) is 0 Å². The maximum Gasteiger partial charge on any atom is 0.275 e. The minimum absolute atomic E-state index is 0.0641. The smallest absolute Gasteiger partial charge is 0.275 e. The zero-order chi connectivity index (χ0) is 18.7. The van der Waals surface area contributed by atoms with Crippen molar-refractivity contribution < 1.29 is 18.7 Å². The molecule has 4 nitrogen and oxygen atoms in total. The molecular weight excluding hydrogens is 358 g/mol. The Bertz CT molecular complexity index is 999. The van der Waals surface area contributed by atoms with Gasteiger partial charge in [-0.2, -0.15) is 5.10 Å². The van der Waals surface area contributed by atoms with E-state index in [1.807, 2.05) is 19.1 Å². The first-order valence-electron chi connectivity index (χ1n) is 7.62. The van der Waals surface area contributed by atoms with Crippen molar-refractivity contribution in [3.05, 3.63) is 75.5 Å². The number of thiophene rings is 1. The van der Waals surface area contributed by atoms with Crippen LogP contribution in [0.25, 0.3) is 11.1 Å². The average molecular weight is 372 g/mol. The van der Waals surface area contributed by atoms with E-state index in [1.165, 1.54) is 41.8 Å². The van der Waals surface area contributed by atoms with Crippen molar-refractivity contribution in [3.8, 4) is 16.9 Å². The fraction of sp³-hybridized carbons (Fsp3) is 0.0526. The number of halogens is 2. The second kappa shape index (κ2) is 7.45. The number of rotatable bonds is 4. The summed E-state index contributed by atoms with van der Waals surface area (Å²) in [7, 11) is 0. The summed E-state index contributed by atoms with van der Waals surface area (Å²) in [5.41, 5.74) is 2.72. The Kier molecular flexibility index (Phi) is 5.09. The van der Waals surface area contributed by atoms with Gasteiger partial charge in [-0.05, 0) is 48.9 Å². The minimum Gasteiger partial charge on any atom is -0.507 e. The lowest BCUT2D eigenvalue weighted by Gasteiger charge is -2.08. The van der Waals surface area contributed by atoms with Crippen LogP contribution in [0.15, 0.2) is 53.6 Å². The molecule has 0 aliphatic rings. The van der Waals surface area contributed by atoms with Crippen LogP contribution in [-0.4, -0.2) is 17.2 Å². The molecule has 2 aromatic carbocycles. The van der Waals surface area contributed by atoms with Crippen molar-refractivity contribution >= 4 is 23.5 Å². The molecule has 0 unspecified atom stereocenters. The summed E-state index contributed by atoms with van der Waals surface area (Å²) in [5.74, 6) is -2.36. The van der Waals surface area contributed by atoms with Gasteiger partial charge in [0, 0.05) is 21.4 Å². The molecule has 1 heterocycles. The third-order valence-electron chi connectivity index (χ3n) is 3.60. The molecule has 3 aromatic rings. The van der Waals surface area contributed by atoms with Crippen molar-refractivity contribution in [2.24, 2.45) is 5.10 Å². The number of nitrogens with one attached hydrogen (secondary N) is 1. The molecular formula is C19H14F2N2O2S. The van der Waals surface area contributed by atoms with Gasteiger partial charge in [-0.15, -0.1) is 11.3 Å². The molecule has 7 heteroatoms. The third kappa shape index (κ3) is 3.94. The molecule has 0 aliphatic heterocycles. The Morgan fingerprint density at radius 2 is 1.96 bits per heavy atom. The highest BCUT2D eigenvalue weighted by Gasteiger charge is 2.14. The summed E-state index contributed by atoms with van der Waals surface area (Å²) in [4.78, 5) is 14.2. The van der Waals surface area contributed by atoms with E-state index in [0.717, 1.165) is 21.9 Å². The molecule has 0 aliphatic carbocycles. The molecule has 0 saturated heterocycles. The van der Waals surface area contributed by atoms with Gasteiger partial charge in [0.1, 0.15) is 17.4 Å². The lowest BCUT2D eigenvalue weighted by atomic mass is 10.0. The van der Waals surface area contributed by atoms with Gasteiger partial charge >= 0.3 is 0 Å². The summed E-state index contributed by atoms with van der Waals surface area (Å²) in [6.07, 6.45) is 1.50. The number of amides is 1. The summed E-state index contributed by atoms with van der Waals surface area (Å²) in [5, 5.41) is 13.8. The van der Waals surface area contributed by atoms with E-state index >= 15 is 0 Å². The quantitative estimate of drug-likeness (QED) is 0.524. The highest BCUT2D eigenvalue weighted by Crippen LogP contribution is 2.28. The van der Waals surface area contributed by atoms with E-state index in [4.69, 9.17) is 0 Å². The standard InChI is InChI=1S/C19H14F2N2O2S/c1-11-2-5-14(26-11)10-22-23-19(25)16-8-12(3-7-18(16)24)15-6-4-13(20)9-17(15)21/h2-10,24H,1H3,(H,23,25)/b22-10-. The van der Waals surface area contributed by atoms with Gasteiger partial charge in [0.2, 0.25) is 0 Å². The number of hydrazone groups is 1. The first-order chi connectivity index (χ1) is 12.4.